The maximum absolute atomic E-state index is 13.1. The van der Waals surface area contributed by atoms with Gasteiger partial charge in [0.25, 0.3) is 0 Å². The summed E-state index contributed by atoms with van der Waals surface area (Å²) in [7, 11) is -9.92. The van der Waals surface area contributed by atoms with Gasteiger partial charge >= 0.3 is 39.5 Å². The molecular weight excluding hydrogens is 1310 g/mol. The molecule has 0 spiro atoms. The van der Waals surface area contributed by atoms with Crippen molar-refractivity contribution in [3.05, 3.63) is 0 Å². The highest BCUT2D eigenvalue weighted by atomic mass is 31.2. The number of carbonyl (C=O) groups is 4. The first kappa shape index (κ1) is 98.1. The standard InChI is InChI=1S/C81H158O17P2/c1-7-9-11-13-15-17-19-21-22-23-24-25-29-34-41-47-53-59-65-80(85)97-76(69-92-79(84)64-58-52-46-40-33-30-26-28-31-37-43-49-55-61-73(3)4)71-95-99(87,88)93-67-75(82)68-94-100(89,90)96-72-77(98-81(86)66-60-54-48-42-36-35-38-44-50-56-62-74(5)6)70-91-78(83)63-57-51-45-39-32-27-20-18-16-14-12-10-8-2/h73-77,82H,7-72H2,1-6H3,(H,87,88)(H,89,90)/t75-,76-,77-/m1/s1. The summed E-state index contributed by atoms with van der Waals surface area (Å²) in [6, 6.07) is 0. The molecule has 0 aliphatic carbocycles. The van der Waals surface area contributed by atoms with Crippen LogP contribution in [0.1, 0.15) is 427 Å². The van der Waals surface area contributed by atoms with E-state index in [1.165, 1.54) is 244 Å². The van der Waals surface area contributed by atoms with E-state index in [1.54, 1.807) is 0 Å². The molecule has 19 heteroatoms. The Morgan fingerprint density at radius 1 is 0.270 bits per heavy atom. The van der Waals surface area contributed by atoms with Crippen molar-refractivity contribution in [3.63, 3.8) is 0 Å². The van der Waals surface area contributed by atoms with Crippen LogP contribution in [0, 0.1) is 11.8 Å². The van der Waals surface area contributed by atoms with E-state index in [0.29, 0.717) is 25.7 Å². The van der Waals surface area contributed by atoms with Crippen LogP contribution in [0.15, 0.2) is 0 Å². The molecule has 0 saturated carbocycles. The van der Waals surface area contributed by atoms with Crippen LogP contribution in [0.25, 0.3) is 0 Å². The smallest absolute Gasteiger partial charge is 0.462 e. The molecule has 100 heavy (non-hydrogen) atoms. The Hall–Kier alpha value is -1.94. The van der Waals surface area contributed by atoms with Crippen LogP contribution < -0.4 is 0 Å². The first-order chi connectivity index (χ1) is 48.4. The summed E-state index contributed by atoms with van der Waals surface area (Å²) in [5, 5.41) is 10.6. The van der Waals surface area contributed by atoms with Gasteiger partial charge in [-0.3, -0.25) is 37.3 Å². The predicted molar refractivity (Wildman–Crippen MR) is 409 cm³/mol. The maximum Gasteiger partial charge on any atom is 0.472 e. The Bertz CT molecular complexity index is 1920. The number of phosphoric ester groups is 2. The van der Waals surface area contributed by atoms with E-state index in [4.69, 9.17) is 37.0 Å². The van der Waals surface area contributed by atoms with Gasteiger partial charge in [0.1, 0.15) is 19.3 Å². The predicted octanol–water partition coefficient (Wildman–Crippen LogP) is 24.3. The number of hydrogen-bond donors (Lipinski definition) is 3. The molecule has 0 saturated heterocycles. The third-order valence-corrected chi connectivity index (χ3v) is 20.9. The Balaban J connectivity index is 5.26. The summed E-state index contributed by atoms with van der Waals surface area (Å²) in [6.45, 7) is 9.65. The van der Waals surface area contributed by atoms with Crippen molar-refractivity contribution in [3.8, 4) is 0 Å². The molecule has 3 N–H and O–H groups in total. The average Bonchev–Trinajstić information content (AvgIpc) is 0.933. The summed E-state index contributed by atoms with van der Waals surface area (Å²) in [5.74, 6) is -0.563. The molecule has 0 fully saturated rings. The summed E-state index contributed by atoms with van der Waals surface area (Å²) in [6.07, 6.45) is 62.3. The summed E-state index contributed by atoms with van der Waals surface area (Å²) in [5.41, 5.74) is 0. The molecule has 0 aromatic heterocycles. The van der Waals surface area contributed by atoms with Gasteiger partial charge in [-0.2, -0.15) is 0 Å². The number of carbonyl (C=O) groups excluding carboxylic acids is 4. The van der Waals surface area contributed by atoms with Crippen molar-refractivity contribution in [2.45, 2.75) is 445 Å². The lowest BCUT2D eigenvalue weighted by molar-refractivity contribution is -0.161. The van der Waals surface area contributed by atoms with Gasteiger partial charge in [-0.25, -0.2) is 9.13 Å². The van der Waals surface area contributed by atoms with Crippen LogP contribution in [0.2, 0.25) is 0 Å². The van der Waals surface area contributed by atoms with Gasteiger partial charge in [0, 0.05) is 25.7 Å². The molecule has 0 aromatic rings. The number of hydrogen-bond acceptors (Lipinski definition) is 15. The maximum atomic E-state index is 13.1. The number of aliphatic hydroxyl groups excluding tert-OH is 1. The molecule has 0 aliphatic heterocycles. The van der Waals surface area contributed by atoms with E-state index in [2.05, 4.69) is 41.5 Å². The molecule has 0 aromatic carbocycles. The number of rotatable bonds is 80. The first-order valence-electron chi connectivity index (χ1n) is 42.0. The van der Waals surface area contributed by atoms with Crippen LogP contribution in [0.3, 0.4) is 0 Å². The highest BCUT2D eigenvalue weighted by molar-refractivity contribution is 7.47. The van der Waals surface area contributed by atoms with E-state index in [-0.39, 0.29) is 25.7 Å². The lowest BCUT2D eigenvalue weighted by Crippen LogP contribution is -2.30. The van der Waals surface area contributed by atoms with E-state index < -0.39 is 97.5 Å². The van der Waals surface area contributed by atoms with Gasteiger partial charge in [-0.05, 0) is 37.5 Å². The third kappa shape index (κ3) is 74.3. The number of aliphatic hydroxyl groups is 1. The average molecular weight is 1470 g/mol. The largest absolute Gasteiger partial charge is 0.472 e. The number of ether oxygens (including phenoxy) is 4. The van der Waals surface area contributed by atoms with E-state index in [9.17, 15) is 43.2 Å². The molecular formula is C81H158O17P2. The fourth-order valence-electron chi connectivity index (χ4n) is 12.5. The lowest BCUT2D eigenvalue weighted by atomic mass is 10.0. The molecule has 2 unspecified atom stereocenters. The zero-order chi connectivity index (χ0) is 73.5. The normalized spacial score (nSPS) is 13.9. The van der Waals surface area contributed by atoms with Crippen LogP contribution in [0.4, 0.5) is 0 Å². The molecule has 0 amide bonds. The summed E-state index contributed by atoms with van der Waals surface area (Å²) < 4.78 is 68.8. The zero-order valence-electron chi connectivity index (χ0n) is 65.5. The number of esters is 4. The molecule has 0 rings (SSSR count). The second kappa shape index (κ2) is 72.6. The van der Waals surface area contributed by atoms with Crippen molar-refractivity contribution < 1.29 is 80.2 Å². The molecule has 0 aliphatic rings. The fraction of sp³-hybridized carbons (Fsp3) is 0.951. The topological polar surface area (TPSA) is 237 Å². The van der Waals surface area contributed by atoms with E-state index in [1.807, 2.05) is 0 Å². The van der Waals surface area contributed by atoms with Gasteiger partial charge in [-0.1, -0.05) is 375 Å². The van der Waals surface area contributed by atoms with Crippen molar-refractivity contribution >= 4 is 39.5 Å². The van der Waals surface area contributed by atoms with Gasteiger partial charge in [0.2, 0.25) is 0 Å². The van der Waals surface area contributed by atoms with Gasteiger partial charge in [-0.15, -0.1) is 0 Å². The molecule has 0 radical (unpaired) electrons. The molecule has 5 atom stereocenters. The minimum absolute atomic E-state index is 0.107. The first-order valence-corrected chi connectivity index (χ1v) is 45.0. The molecule has 17 nitrogen and oxygen atoms in total. The van der Waals surface area contributed by atoms with Crippen LogP contribution >= 0.6 is 15.6 Å². The van der Waals surface area contributed by atoms with Crippen molar-refractivity contribution in [2.75, 3.05) is 39.6 Å². The third-order valence-electron chi connectivity index (χ3n) is 19.0. The van der Waals surface area contributed by atoms with E-state index >= 15 is 0 Å². The Morgan fingerprint density at radius 3 is 0.680 bits per heavy atom. The van der Waals surface area contributed by atoms with Gasteiger partial charge in [0.05, 0.1) is 26.4 Å². The second-order valence-corrected chi connectivity index (χ2v) is 33.0. The lowest BCUT2D eigenvalue weighted by Gasteiger charge is -2.21. The number of unbranched alkanes of at least 4 members (excludes halogenated alkanes) is 50. The van der Waals surface area contributed by atoms with Crippen molar-refractivity contribution in [1.29, 1.82) is 0 Å². The van der Waals surface area contributed by atoms with E-state index in [0.717, 1.165) is 102 Å². The quantitative estimate of drug-likeness (QED) is 0.0222. The van der Waals surface area contributed by atoms with Crippen LogP contribution in [-0.2, 0) is 65.4 Å². The van der Waals surface area contributed by atoms with Crippen LogP contribution in [-0.4, -0.2) is 96.7 Å². The summed E-state index contributed by atoms with van der Waals surface area (Å²) in [4.78, 5) is 73.1. The Labute approximate surface area is 613 Å². The molecule has 0 heterocycles. The Morgan fingerprint density at radius 2 is 0.460 bits per heavy atom. The minimum Gasteiger partial charge on any atom is -0.462 e. The van der Waals surface area contributed by atoms with Gasteiger partial charge < -0.3 is 33.8 Å². The monoisotopic (exact) mass is 1470 g/mol. The zero-order valence-corrected chi connectivity index (χ0v) is 67.3. The molecule has 594 valence electrons. The van der Waals surface area contributed by atoms with Gasteiger partial charge in [0.15, 0.2) is 12.2 Å². The fourth-order valence-corrected chi connectivity index (χ4v) is 14.1. The highest BCUT2D eigenvalue weighted by Crippen LogP contribution is 2.45. The van der Waals surface area contributed by atoms with Crippen LogP contribution in [0.5, 0.6) is 0 Å². The summed E-state index contributed by atoms with van der Waals surface area (Å²) >= 11 is 0. The van der Waals surface area contributed by atoms with Crippen molar-refractivity contribution in [1.82, 2.24) is 0 Å². The highest BCUT2D eigenvalue weighted by Gasteiger charge is 2.30. The number of phosphoric acid groups is 2. The second-order valence-electron chi connectivity index (χ2n) is 30.1. The van der Waals surface area contributed by atoms with Crippen molar-refractivity contribution in [2.24, 2.45) is 11.8 Å². The minimum atomic E-state index is -4.96. The SMILES string of the molecule is CCCCCCCCCCCCCCCCCCCCC(=O)O[C@H](COC(=O)CCCCCCCCCCCCCCCC(C)C)COP(=O)(O)OC[C@@H](O)COP(=O)(O)OC[C@@H](COC(=O)CCCCCCCCCCCCCCC)OC(=O)CCCCCCCCCCCCC(C)C. The molecule has 0 bridgehead atoms. The Kier molecular flexibility index (Phi) is 71.2.